The molecule has 5 nitrogen and oxygen atoms in total. The molecule has 0 saturated heterocycles. The summed E-state index contributed by atoms with van der Waals surface area (Å²) in [5.74, 6) is -0.593. The van der Waals surface area contributed by atoms with E-state index >= 15 is 0 Å². The molecular weight excluding hydrogens is 284 g/mol. The van der Waals surface area contributed by atoms with Crippen LogP contribution < -0.4 is 5.32 Å². The van der Waals surface area contributed by atoms with Crippen LogP contribution in [0.3, 0.4) is 0 Å². The van der Waals surface area contributed by atoms with E-state index in [0.29, 0.717) is 17.3 Å². The van der Waals surface area contributed by atoms with E-state index in [1.165, 1.54) is 17.8 Å². The Morgan fingerprint density at radius 3 is 3.00 bits per heavy atom. The van der Waals surface area contributed by atoms with Gasteiger partial charge in [0.15, 0.2) is 0 Å². The molecule has 0 atom stereocenters. The quantitative estimate of drug-likeness (QED) is 0.624. The summed E-state index contributed by atoms with van der Waals surface area (Å²) in [6.07, 6.45) is 0. The number of hydrogen-bond acceptors (Lipinski definition) is 5. The first-order chi connectivity index (χ1) is 9.70. The van der Waals surface area contributed by atoms with Crippen molar-refractivity contribution in [3.05, 3.63) is 35.4 Å². The largest absolute Gasteiger partial charge is 0.315 e. The van der Waals surface area contributed by atoms with Gasteiger partial charge in [0.25, 0.3) is 0 Å². The van der Waals surface area contributed by atoms with Crippen LogP contribution >= 0.6 is 11.8 Å². The number of tetrazole rings is 1. The molecule has 108 valence electrons. The van der Waals surface area contributed by atoms with Gasteiger partial charge in [0.05, 0.1) is 6.54 Å². The summed E-state index contributed by atoms with van der Waals surface area (Å²) in [5.41, 5.74) is 0.302. The molecule has 8 heteroatoms. The Balaban J connectivity index is 1.97. The molecule has 1 heterocycles. The van der Waals surface area contributed by atoms with Gasteiger partial charge in [-0.1, -0.05) is 18.7 Å². The summed E-state index contributed by atoms with van der Waals surface area (Å²) in [6, 6.07) is 3.42. The second kappa shape index (κ2) is 7.30. The SMILES string of the molecule is CCNCCn1nnnc1SCc1cc(F)ccc1F. The van der Waals surface area contributed by atoms with Crippen LogP contribution in [0, 0.1) is 11.6 Å². The van der Waals surface area contributed by atoms with E-state index in [4.69, 9.17) is 0 Å². The zero-order chi connectivity index (χ0) is 14.4. The molecule has 0 aliphatic rings. The Kier molecular flexibility index (Phi) is 5.42. The Hall–Kier alpha value is -1.54. The third kappa shape index (κ3) is 3.97. The van der Waals surface area contributed by atoms with Gasteiger partial charge in [-0.2, -0.15) is 0 Å². The summed E-state index contributed by atoms with van der Waals surface area (Å²) in [6.45, 7) is 4.28. The van der Waals surface area contributed by atoms with E-state index < -0.39 is 11.6 Å². The maximum atomic E-state index is 13.5. The minimum Gasteiger partial charge on any atom is -0.315 e. The van der Waals surface area contributed by atoms with E-state index in [0.717, 1.165) is 25.2 Å². The minimum atomic E-state index is -0.450. The van der Waals surface area contributed by atoms with Crippen LogP contribution in [-0.4, -0.2) is 33.3 Å². The van der Waals surface area contributed by atoms with Gasteiger partial charge < -0.3 is 5.32 Å². The van der Waals surface area contributed by atoms with Gasteiger partial charge in [-0.3, -0.25) is 0 Å². The molecular formula is C12H15F2N5S. The third-order valence-corrected chi connectivity index (χ3v) is 3.62. The predicted molar refractivity (Wildman–Crippen MR) is 72.3 cm³/mol. The second-order valence-corrected chi connectivity index (χ2v) is 5.01. The zero-order valence-corrected chi connectivity index (χ0v) is 11.8. The first kappa shape index (κ1) is 14.9. The molecule has 1 aromatic heterocycles. The molecule has 20 heavy (non-hydrogen) atoms. The number of aromatic nitrogens is 4. The average Bonchev–Trinajstić information content (AvgIpc) is 2.88. The molecule has 1 N–H and O–H groups in total. The Bertz CT molecular complexity index is 561. The number of hydrogen-bond donors (Lipinski definition) is 1. The summed E-state index contributed by atoms with van der Waals surface area (Å²) >= 11 is 1.28. The van der Waals surface area contributed by atoms with E-state index in [9.17, 15) is 8.78 Å². The minimum absolute atomic E-state index is 0.283. The predicted octanol–water partition coefficient (Wildman–Crippen LogP) is 1.85. The summed E-state index contributed by atoms with van der Waals surface area (Å²) in [4.78, 5) is 0. The highest BCUT2D eigenvalue weighted by Crippen LogP contribution is 2.22. The van der Waals surface area contributed by atoms with Gasteiger partial charge in [0, 0.05) is 17.9 Å². The van der Waals surface area contributed by atoms with E-state index in [1.54, 1.807) is 4.68 Å². The number of thioether (sulfide) groups is 1. The highest BCUT2D eigenvalue weighted by molar-refractivity contribution is 7.98. The highest BCUT2D eigenvalue weighted by Gasteiger charge is 2.09. The Morgan fingerprint density at radius 2 is 2.20 bits per heavy atom. The molecule has 0 bridgehead atoms. The number of halogens is 2. The maximum absolute atomic E-state index is 13.5. The fourth-order valence-electron chi connectivity index (χ4n) is 1.60. The number of rotatable bonds is 7. The fourth-order valence-corrected chi connectivity index (χ4v) is 2.48. The van der Waals surface area contributed by atoms with Gasteiger partial charge in [-0.15, -0.1) is 5.10 Å². The first-order valence-corrected chi connectivity index (χ1v) is 7.23. The molecule has 0 fully saturated rings. The molecule has 0 aliphatic heterocycles. The summed E-state index contributed by atoms with van der Waals surface area (Å²) in [7, 11) is 0. The first-order valence-electron chi connectivity index (χ1n) is 6.24. The lowest BCUT2D eigenvalue weighted by molar-refractivity contribution is 0.517. The number of nitrogens with zero attached hydrogens (tertiary/aromatic N) is 4. The molecule has 0 radical (unpaired) electrons. The van der Waals surface area contributed by atoms with E-state index in [-0.39, 0.29) is 5.75 Å². The topological polar surface area (TPSA) is 55.6 Å². The smallest absolute Gasteiger partial charge is 0.209 e. The van der Waals surface area contributed by atoms with Crippen LogP contribution in [0.5, 0.6) is 0 Å². The third-order valence-electron chi connectivity index (χ3n) is 2.61. The van der Waals surface area contributed by atoms with Gasteiger partial charge >= 0.3 is 0 Å². The van der Waals surface area contributed by atoms with E-state index in [2.05, 4.69) is 20.8 Å². The van der Waals surface area contributed by atoms with Gasteiger partial charge in [0.1, 0.15) is 11.6 Å². The number of likely N-dealkylation sites (N-methyl/N-ethyl adjacent to an activating group) is 1. The van der Waals surface area contributed by atoms with Crippen LogP contribution in [0.2, 0.25) is 0 Å². The Morgan fingerprint density at radius 1 is 1.35 bits per heavy atom. The standard InChI is InChI=1S/C12H15F2N5S/c1-2-15-5-6-19-12(16-17-18-19)20-8-9-7-10(13)3-4-11(9)14/h3-4,7,15H,2,5-6,8H2,1H3. The van der Waals surface area contributed by atoms with Crippen molar-refractivity contribution < 1.29 is 8.78 Å². The van der Waals surface area contributed by atoms with Crippen molar-refractivity contribution in [1.29, 1.82) is 0 Å². The van der Waals surface area contributed by atoms with Crippen molar-refractivity contribution in [3.63, 3.8) is 0 Å². The van der Waals surface area contributed by atoms with Crippen LogP contribution in [0.1, 0.15) is 12.5 Å². The fraction of sp³-hybridized carbons (Fsp3) is 0.417. The molecule has 2 rings (SSSR count). The van der Waals surface area contributed by atoms with Crippen molar-refractivity contribution in [2.24, 2.45) is 0 Å². The second-order valence-electron chi connectivity index (χ2n) is 4.06. The highest BCUT2D eigenvalue weighted by atomic mass is 32.2. The van der Waals surface area contributed by atoms with Crippen molar-refractivity contribution >= 4 is 11.8 Å². The van der Waals surface area contributed by atoms with E-state index in [1.807, 2.05) is 6.92 Å². The molecule has 1 aromatic carbocycles. The van der Waals surface area contributed by atoms with Crippen LogP contribution in [0.15, 0.2) is 23.4 Å². The molecule has 0 amide bonds. The lowest BCUT2D eigenvalue weighted by Crippen LogP contribution is -2.20. The normalized spacial score (nSPS) is 10.9. The summed E-state index contributed by atoms with van der Waals surface area (Å²) in [5, 5.41) is 15.1. The van der Waals surface area contributed by atoms with Gasteiger partial charge in [0.2, 0.25) is 5.16 Å². The van der Waals surface area contributed by atoms with Gasteiger partial charge in [-0.05, 0) is 35.2 Å². The Labute approximate surface area is 119 Å². The lowest BCUT2D eigenvalue weighted by Gasteiger charge is -2.05. The molecule has 0 aliphatic carbocycles. The van der Waals surface area contributed by atoms with Crippen LogP contribution in [0.25, 0.3) is 0 Å². The monoisotopic (exact) mass is 299 g/mol. The number of benzene rings is 1. The average molecular weight is 299 g/mol. The molecule has 0 unspecified atom stereocenters. The van der Waals surface area contributed by atoms with Crippen molar-refractivity contribution in [1.82, 2.24) is 25.5 Å². The van der Waals surface area contributed by atoms with Crippen molar-refractivity contribution in [2.45, 2.75) is 24.4 Å². The number of nitrogens with one attached hydrogen (secondary N) is 1. The molecule has 2 aromatic rings. The zero-order valence-electron chi connectivity index (χ0n) is 11.0. The summed E-state index contributed by atoms with van der Waals surface area (Å²) < 4.78 is 28.2. The van der Waals surface area contributed by atoms with Crippen LogP contribution in [-0.2, 0) is 12.3 Å². The lowest BCUT2D eigenvalue weighted by atomic mass is 10.2. The van der Waals surface area contributed by atoms with Gasteiger partial charge in [-0.25, -0.2) is 13.5 Å². The molecule has 0 spiro atoms. The van der Waals surface area contributed by atoms with Crippen molar-refractivity contribution in [3.8, 4) is 0 Å². The van der Waals surface area contributed by atoms with Crippen molar-refractivity contribution in [2.75, 3.05) is 13.1 Å². The maximum Gasteiger partial charge on any atom is 0.209 e. The molecule has 0 saturated carbocycles. The van der Waals surface area contributed by atoms with Crippen LogP contribution in [0.4, 0.5) is 8.78 Å².